The highest BCUT2D eigenvalue weighted by molar-refractivity contribution is 5.93. The van der Waals surface area contributed by atoms with Crippen molar-refractivity contribution >= 4 is 22.4 Å². The average molecular weight is 285 g/mol. The van der Waals surface area contributed by atoms with Gasteiger partial charge in [0, 0.05) is 24.0 Å². The van der Waals surface area contributed by atoms with Gasteiger partial charge in [0.05, 0.1) is 6.61 Å². The number of hydrogen-bond acceptors (Lipinski definition) is 3. The number of benzene rings is 2. The molecule has 0 saturated heterocycles. The van der Waals surface area contributed by atoms with Crippen LogP contribution in [0.2, 0.25) is 0 Å². The number of carbonyl (C=O) groups is 1. The largest absolute Gasteiger partial charge is 0.466 e. The summed E-state index contributed by atoms with van der Waals surface area (Å²) in [5, 5.41) is 6.00. The van der Waals surface area contributed by atoms with E-state index in [1.165, 1.54) is 16.5 Å². The Balaban J connectivity index is 1.72. The highest BCUT2D eigenvalue weighted by Gasteiger charge is 2.01. The molecule has 21 heavy (non-hydrogen) atoms. The first kappa shape index (κ1) is 15.4. The molecule has 0 saturated carbocycles. The smallest absolute Gasteiger partial charge is 0.305 e. The molecule has 2 aromatic rings. The lowest BCUT2D eigenvalue weighted by atomic mass is 10.1. The van der Waals surface area contributed by atoms with Gasteiger partial charge in [-0.3, -0.25) is 4.79 Å². The first-order chi connectivity index (χ1) is 10.3. The molecule has 0 atom stereocenters. The SMILES string of the molecule is CCOC(=O)CCCCCNc1cccc2ccccc12. The van der Waals surface area contributed by atoms with Gasteiger partial charge in [0.25, 0.3) is 0 Å². The number of hydrogen-bond donors (Lipinski definition) is 1. The molecule has 112 valence electrons. The van der Waals surface area contributed by atoms with Crippen LogP contribution in [0, 0.1) is 0 Å². The normalized spacial score (nSPS) is 10.5. The molecule has 1 N–H and O–H groups in total. The Morgan fingerprint density at radius 3 is 2.71 bits per heavy atom. The highest BCUT2D eigenvalue weighted by Crippen LogP contribution is 2.22. The molecule has 0 bridgehead atoms. The maximum atomic E-state index is 11.2. The van der Waals surface area contributed by atoms with Crippen molar-refractivity contribution in [3.05, 3.63) is 42.5 Å². The second kappa shape index (κ2) is 8.30. The lowest BCUT2D eigenvalue weighted by Crippen LogP contribution is -2.05. The summed E-state index contributed by atoms with van der Waals surface area (Å²) < 4.78 is 4.91. The monoisotopic (exact) mass is 285 g/mol. The molecule has 0 amide bonds. The average Bonchev–Trinajstić information content (AvgIpc) is 2.51. The lowest BCUT2D eigenvalue weighted by Gasteiger charge is -2.09. The summed E-state index contributed by atoms with van der Waals surface area (Å²) in [5.41, 5.74) is 1.18. The number of ether oxygens (including phenoxy) is 1. The van der Waals surface area contributed by atoms with Crippen LogP contribution in [-0.4, -0.2) is 19.1 Å². The van der Waals surface area contributed by atoms with Crippen molar-refractivity contribution < 1.29 is 9.53 Å². The predicted octanol–water partition coefficient (Wildman–Crippen LogP) is 4.38. The van der Waals surface area contributed by atoms with Crippen LogP contribution in [0.3, 0.4) is 0 Å². The molecule has 0 aromatic heterocycles. The van der Waals surface area contributed by atoms with E-state index in [9.17, 15) is 4.79 Å². The standard InChI is InChI=1S/C18H23NO2/c1-2-21-18(20)13-4-3-7-14-19-17-12-8-10-15-9-5-6-11-16(15)17/h5-6,8-12,19H,2-4,7,13-14H2,1H3. The number of fused-ring (bicyclic) bond motifs is 1. The molecular weight excluding hydrogens is 262 g/mol. The van der Waals surface area contributed by atoms with Crippen LogP contribution in [0.1, 0.15) is 32.6 Å². The van der Waals surface area contributed by atoms with Gasteiger partial charge in [0.2, 0.25) is 0 Å². The summed E-state index contributed by atoms with van der Waals surface area (Å²) >= 11 is 0. The first-order valence-corrected chi connectivity index (χ1v) is 7.68. The summed E-state index contributed by atoms with van der Waals surface area (Å²) in [6.45, 7) is 3.24. The number of rotatable bonds is 8. The minimum Gasteiger partial charge on any atom is -0.466 e. The van der Waals surface area contributed by atoms with Gasteiger partial charge in [-0.2, -0.15) is 0 Å². The number of carbonyl (C=O) groups excluding carboxylic acids is 1. The maximum absolute atomic E-state index is 11.2. The third kappa shape index (κ3) is 4.78. The molecule has 3 nitrogen and oxygen atoms in total. The summed E-state index contributed by atoms with van der Waals surface area (Å²) in [5.74, 6) is -0.0838. The zero-order valence-corrected chi connectivity index (χ0v) is 12.6. The summed E-state index contributed by atoms with van der Waals surface area (Å²) in [4.78, 5) is 11.2. The zero-order valence-electron chi connectivity index (χ0n) is 12.6. The molecule has 2 aromatic carbocycles. The van der Waals surface area contributed by atoms with Crippen LogP contribution in [-0.2, 0) is 9.53 Å². The maximum Gasteiger partial charge on any atom is 0.305 e. The van der Waals surface area contributed by atoms with Crippen molar-refractivity contribution in [3.8, 4) is 0 Å². The second-order valence-electron chi connectivity index (χ2n) is 5.07. The fourth-order valence-electron chi connectivity index (χ4n) is 2.41. The fraction of sp³-hybridized carbons (Fsp3) is 0.389. The molecular formula is C18H23NO2. The lowest BCUT2D eigenvalue weighted by molar-refractivity contribution is -0.143. The van der Waals surface area contributed by atoms with Gasteiger partial charge in [-0.25, -0.2) is 0 Å². The number of anilines is 1. The van der Waals surface area contributed by atoms with Gasteiger partial charge in [-0.1, -0.05) is 42.8 Å². The Kier molecular flexibility index (Phi) is 6.07. The van der Waals surface area contributed by atoms with Crippen molar-refractivity contribution in [3.63, 3.8) is 0 Å². The summed E-state index contributed by atoms with van der Waals surface area (Å²) in [6.07, 6.45) is 3.53. The van der Waals surface area contributed by atoms with Crippen molar-refractivity contribution in [2.24, 2.45) is 0 Å². The van der Waals surface area contributed by atoms with Crippen molar-refractivity contribution in [2.45, 2.75) is 32.6 Å². The molecule has 0 aliphatic heterocycles. The molecule has 0 aliphatic rings. The van der Waals surface area contributed by atoms with E-state index in [-0.39, 0.29) is 5.97 Å². The molecule has 0 unspecified atom stereocenters. The Bertz CT molecular complexity index is 575. The molecule has 0 spiro atoms. The third-order valence-electron chi connectivity index (χ3n) is 3.47. The number of esters is 1. The topological polar surface area (TPSA) is 38.3 Å². The van der Waals surface area contributed by atoms with Gasteiger partial charge in [0.1, 0.15) is 0 Å². The minimum atomic E-state index is -0.0838. The van der Waals surface area contributed by atoms with Gasteiger partial charge < -0.3 is 10.1 Å². The Morgan fingerprint density at radius 2 is 1.86 bits per heavy atom. The van der Waals surface area contributed by atoms with E-state index in [2.05, 4.69) is 47.8 Å². The van der Waals surface area contributed by atoms with Gasteiger partial charge >= 0.3 is 5.97 Å². The predicted molar refractivity (Wildman–Crippen MR) is 87.5 cm³/mol. The Labute approximate surface area is 126 Å². The molecule has 2 rings (SSSR count). The van der Waals surface area contributed by atoms with Crippen LogP contribution in [0.25, 0.3) is 10.8 Å². The van der Waals surface area contributed by atoms with Crippen LogP contribution in [0.5, 0.6) is 0 Å². The number of unbranched alkanes of at least 4 members (excludes halogenated alkanes) is 2. The van der Waals surface area contributed by atoms with E-state index in [0.29, 0.717) is 13.0 Å². The van der Waals surface area contributed by atoms with Crippen molar-refractivity contribution in [2.75, 3.05) is 18.5 Å². The first-order valence-electron chi connectivity index (χ1n) is 7.68. The van der Waals surface area contributed by atoms with E-state index in [0.717, 1.165) is 25.8 Å². The third-order valence-corrected chi connectivity index (χ3v) is 3.47. The molecule has 0 fully saturated rings. The van der Waals surface area contributed by atoms with E-state index >= 15 is 0 Å². The minimum absolute atomic E-state index is 0.0838. The van der Waals surface area contributed by atoms with Gasteiger partial charge in [0.15, 0.2) is 0 Å². The van der Waals surface area contributed by atoms with Crippen molar-refractivity contribution in [1.29, 1.82) is 0 Å². The van der Waals surface area contributed by atoms with E-state index in [1.807, 2.05) is 6.92 Å². The van der Waals surface area contributed by atoms with Crippen molar-refractivity contribution in [1.82, 2.24) is 0 Å². The highest BCUT2D eigenvalue weighted by atomic mass is 16.5. The van der Waals surface area contributed by atoms with Gasteiger partial charge in [-0.05, 0) is 31.2 Å². The molecule has 0 aliphatic carbocycles. The zero-order chi connectivity index (χ0) is 14.9. The summed E-state index contributed by atoms with van der Waals surface area (Å²) in [7, 11) is 0. The van der Waals surface area contributed by atoms with Crippen LogP contribution in [0.15, 0.2) is 42.5 Å². The molecule has 0 radical (unpaired) electrons. The second-order valence-corrected chi connectivity index (χ2v) is 5.07. The van der Waals surface area contributed by atoms with E-state index in [1.54, 1.807) is 0 Å². The van der Waals surface area contributed by atoms with E-state index in [4.69, 9.17) is 4.74 Å². The van der Waals surface area contributed by atoms with Gasteiger partial charge in [-0.15, -0.1) is 0 Å². The van der Waals surface area contributed by atoms with E-state index < -0.39 is 0 Å². The fourth-order valence-corrected chi connectivity index (χ4v) is 2.41. The summed E-state index contributed by atoms with van der Waals surface area (Å²) in [6, 6.07) is 14.7. The molecule has 0 heterocycles. The molecule has 3 heteroatoms. The van der Waals surface area contributed by atoms with Crippen LogP contribution in [0.4, 0.5) is 5.69 Å². The van der Waals surface area contributed by atoms with Crippen LogP contribution < -0.4 is 5.32 Å². The van der Waals surface area contributed by atoms with Crippen LogP contribution >= 0.6 is 0 Å². The Hall–Kier alpha value is -2.03. The number of nitrogens with one attached hydrogen (secondary N) is 1. The Morgan fingerprint density at radius 1 is 1.05 bits per heavy atom. The quantitative estimate of drug-likeness (QED) is 0.578.